The third kappa shape index (κ3) is 74.2. The van der Waals surface area contributed by atoms with Crippen LogP contribution in [0.4, 0.5) is 0 Å². The summed E-state index contributed by atoms with van der Waals surface area (Å²) in [6.07, 6.45) is 0. The second-order valence-corrected chi connectivity index (χ2v) is 0.750. The fourth-order valence-corrected chi connectivity index (χ4v) is 0. The molecule has 62 valence electrons. The van der Waals surface area contributed by atoms with E-state index in [-0.39, 0.29) is 105 Å². The van der Waals surface area contributed by atoms with Gasteiger partial charge in [0.1, 0.15) is 0 Å². The van der Waals surface area contributed by atoms with E-state index in [4.69, 9.17) is 14.1 Å². The molecule has 8 heavy (non-hydrogen) atoms. The van der Waals surface area contributed by atoms with Gasteiger partial charge in [0.15, 0.2) is 0 Å². The van der Waals surface area contributed by atoms with Gasteiger partial charge in [0.25, 0.3) is 0 Å². The maximum absolute atomic E-state index is 8.52. The minimum Gasteiger partial charge on any atom is -2.00 e. The molecule has 0 saturated carbocycles. The van der Waals surface area contributed by atoms with Crippen LogP contribution in [0.1, 0.15) is 0 Å². The van der Waals surface area contributed by atoms with Gasteiger partial charge in [-0.3, -0.25) is 0 Å². The van der Waals surface area contributed by atoms with Crippen molar-refractivity contribution in [1.82, 2.24) is 0 Å². The van der Waals surface area contributed by atoms with Crippen LogP contribution in [0.25, 0.3) is 0 Å². The molecule has 0 saturated heterocycles. The standard InChI is InChI=1S/O3Si.2O.2Yb/c1-4(2)3;;;;/q3*-2;2*+3. The van der Waals surface area contributed by atoms with Gasteiger partial charge < -0.3 is 25.0 Å². The van der Waals surface area contributed by atoms with Crippen molar-refractivity contribution in [2.45, 2.75) is 0 Å². The molecule has 8 heteroatoms. The second kappa shape index (κ2) is 22.7. The Hall–Kier alpha value is 2.58. The van der Waals surface area contributed by atoms with Crippen LogP contribution in [0.3, 0.4) is 0 Å². The predicted octanol–water partition coefficient (Wildman–Crippen LogP) is -3.12. The summed E-state index contributed by atoms with van der Waals surface area (Å²) in [5.74, 6) is 0. The van der Waals surface area contributed by atoms with E-state index < -0.39 is 9.17 Å². The Labute approximate surface area is 125 Å². The van der Waals surface area contributed by atoms with Gasteiger partial charge in [0.05, 0.1) is 0 Å². The summed E-state index contributed by atoms with van der Waals surface area (Å²) >= 11 is 0. The molecule has 0 fully saturated rings. The second-order valence-electron chi connectivity index (χ2n) is 0.250. The summed E-state index contributed by atoms with van der Waals surface area (Å²) in [7, 11) is -3.63. The molecule has 0 N–H and O–H groups in total. The van der Waals surface area contributed by atoms with Gasteiger partial charge in [0, 0.05) is 9.17 Å². The first-order valence-corrected chi connectivity index (χ1v) is 1.84. The number of hydrogen-bond acceptors (Lipinski definition) is 3. The zero-order chi connectivity index (χ0) is 3.58. The summed E-state index contributed by atoms with van der Waals surface area (Å²) in [6.45, 7) is 0. The van der Waals surface area contributed by atoms with Gasteiger partial charge in [-0.2, -0.15) is 0 Å². The molecule has 0 atom stereocenters. The Kier molecular flexibility index (Phi) is 88.3. The van der Waals surface area contributed by atoms with Gasteiger partial charge in [0.2, 0.25) is 0 Å². The topological polar surface area (TPSA) is 120 Å². The Balaban J connectivity index is -0.00000000750. The fourth-order valence-electron chi connectivity index (χ4n) is 0. The van der Waals surface area contributed by atoms with Gasteiger partial charge in [-0.15, -0.1) is 0 Å². The molecule has 0 aromatic rings. The zero-order valence-corrected chi connectivity index (χ0v) is 7.51. The molecular formula is O5SiYb2. The molecule has 0 unspecified atom stereocenters. The third-order valence-corrected chi connectivity index (χ3v) is 0. The van der Waals surface area contributed by atoms with E-state index in [2.05, 4.69) is 0 Å². The maximum Gasteiger partial charge on any atom is 3.00 e. The Morgan fingerprint density at radius 3 is 1.00 bits per heavy atom. The van der Waals surface area contributed by atoms with Crippen molar-refractivity contribution >= 4 is 9.17 Å². The molecule has 0 aromatic carbocycles. The average Bonchev–Trinajstić information content (AvgIpc) is 0.811. The van der Waals surface area contributed by atoms with Gasteiger partial charge in [-0.1, -0.05) is 0 Å². The van der Waals surface area contributed by atoms with Crippen LogP contribution in [0.5, 0.6) is 0 Å². The predicted molar refractivity (Wildman–Crippen MR) is 7.81 cm³/mol. The Morgan fingerprint density at radius 1 is 1.00 bits per heavy atom. The third-order valence-electron chi connectivity index (χ3n) is 0. The first-order chi connectivity index (χ1) is 1.73. The molecule has 0 rings (SSSR count). The largest absolute Gasteiger partial charge is 3.00 e. The van der Waals surface area contributed by atoms with E-state index in [1.165, 1.54) is 0 Å². The minimum atomic E-state index is -3.63. The first-order valence-electron chi connectivity index (χ1n) is 0.612. The molecule has 0 aliphatic heterocycles. The molecule has 0 bridgehead atoms. The van der Waals surface area contributed by atoms with Crippen molar-refractivity contribution in [3.63, 3.8) is 0 Å². The van der Waals surface area contributed by atoms with Crippen LogP contribution in [0.15, 0.2) is 0 Å². The molecule has 2 radical (unpaired) electrons. The van der Waals surface area contributed by atoms with Gasteiger partial charge >= 0.3 is 93.8 Å². The minimum absolute atomic E-state index is 0. The zero-order valence-electron chi connectivity index (χ0n) is 3.08. The average molecular weight is 454 g/mol. The van der Waals surface area contributed by atoms with Crippen LogP contribution in [0, 0.1) is 93.8 Å². The van der Waals surface area contributed by atoms with Crippen molar-refractivity contribution in [1.29, 1.82) is 0 Å². The van der Waals surface area contributed by atoms with Gasteiger partial charge in [-0.25, -0.2) is 0 Å². The van der Waals surface area contributed by atoms with Gasteiger partial charge in [-0.05, 0) is 0 Å². The summed E-state index contributed by atoms with van der Waals surface area (Å²) in [4.78, 5) is 17.0. The summed E-state index contributed by atoms with van der Waals surface area (Å²) in [6, 6.07) is 0. The summed E-state index contributed by atoms with van der Waals surface area (Å²) in [5.41, 5.74) is 0. The van der Waals surface area contributed by atoms with E-state index in [1.54, 1.807) is 0 Å². The molecule has 0 aromatic heterocycles. The van der Waals surface area contributed by atoms with Crippen molar-refractivity contribution < 1.29 is 119 Å². The molecule has 0 heterocycles. The van der Waals surface area contributed by atoms with Crippen molar-refractivity contribution in [2.75, 3.05) is 0 Å². The molecule has 0 aliphatic rings. The van der Waals surface area contributed by atoms with E-state index >= 15 is 0 Å². The summed E-state index contributed by atoms with van der Waals surface area (Å²) in [5, 5.41) is 0. The summed E-state index contributed by atoms with van der Waals surface area (Å²) < 4.78 is 8.52. The normalized spacial score (nSPS) is 3.00. The van der Waals surface area contributed by atoms with Crippen LogP contribution < -0.4 is 9.59 Å². The number of rotatable bonds is 0. The van der Waals surface area contributed by atoms with Crippen LogP contribution >= 0.6 is 0 Å². The van der Waals surface area contributed by atoms with E-state index in [0.717, 1.165) is 0 Å². The smallest absolute Gasteiger partial charge is 2.00 e. The van der Waals surface area contributed by atoms with E-state index in [1.807, 2.05) is 0 Å². The molecule has 0 spiro atoms. The quantitative estimate of drug-likeness (QED) is 0.361. The van der Waals surface area contributed by atoms with Crippen LogP contribution in [0.2, 0.25) is 0 Å². The maximum atomic E-state index is 8.52. The monoisotopic (exact) mass is 456 g/mol. The van der Waals surface area contributed by atoms with Crippen LogP contribution in [-0.2, 0) is 15.4 Å². The van der Waals surface area contributed by atoms with E-state index in [0.29, 0.717) is 0 Å². The fraction of sp³-hybridized carbons (Fsp3) is 0. The number of hydrogen-bond donors (Lipinski definition) is 0. The van der Waals surface area contributed by atoms with Crippen LogP contribution in [-0.4, -0.2) is 9.17 Å². The van der Waals surface area contributed by atoms with Crippen molar-refractivity contribution in [2.24, 2.45) is 0 Å². The van der Waals surface area contributed by atoms with E-state index in [9.17, 15) is 0 Å². The molecule has 0 aliphatic carbocycles. The molecular weight excluding hydrogens is 454 g/mol. The Bertz CT molecular complexity index is 33.4. The van der Waals surface area contributed by atoms with Crippen molar-refractivity contribution in [3.8, 4) is 0 Å². The SMILES string of the molecule is O=[Si]([O-])[O-].[O-2].[O-2].[Yb+3].[Yb+3]. The van der Waals surface area contributed by atoms with Crippen molar-refractivity contribution in [3.05, 3.63) is 0 Å². The molecule has 0 amide bonds. The first kappa shape index (κ1) is 31.2. The molecule has 5 nitrogen and oxygen atoms in total. The Morgan fingerprint density at radius 2 is 1.00 bits per heavy atom.